The Morgan fingerprint density at radius 3 is 2.58 bits per heavy atom. The molecule has 0 aromatic heterocycles. The molecule has 0 aliphatic carbocycles. The monoisotopic (exact) mass is 286 g/mol. The summed E-state index contributed by atoms with van der Waals surface area (Å²) in [5.74, 6) is 0. The van der Waals surface area contributed by atoms with Gasteiger partial charge in [0.05, 0.1) is 11.0 Å². The molecule has 0 aliphatic rings. The third-order valence-electron chi connectivity index (χ3n) is 3.04. The van der Waals surface area contributed by atoms with Crippen molar-refractivity contribution in [3.63, 3.8) is 0 Å². The molecular weight excluding hydrogens is 264 g/mol. The van der Waals surface area contributed by atoms with Gasteiger partial charge in [-0.15, -0.1) is 0 Å². The van der Waals surface area contributed by atoms with Crippen LogP contribution in [0.2, 0.25) is 0 Å². The lowest BCUT2D eigenvalue weighted by Gasteiger charge is -2.19. The summed E-state index contributed by atoms with van der Waals surface area (Å²) < 4.78 is 26.1. The van der Waals surface area contributed by atoms with Crippen molar-refractivity contribution in [1.29, 1.82) is 0 Å². The number of nitrogens with zero attached hydrogens (tertiary/aromatic N) is 1. The summed E-state index contributed by atoms with van der Waals surface area (Å²) in [5.41, 5.74) is 7.03. The molecule has 0 saturated carbocycles. The van der Waals surface area contributed by atoms with Gasteiger partial charge in [-0.25, -0.2) is 12.7 Å². The van der Waals surface area contributed by atoms with E-state index < -0.39 is 16.1 Å². The van der Waals surface area contributed by atoms with Crippen LogP contribution in [-0.2, 0) is 16.6 Å². The fourth-order valence-corrected chi connectivity index (χ4v) is 3.16. The van der Waals surface area contributed by atoms with Gasteiger partial charge in [-0.2, -0.15) is 0 Å². The van der Waals surface area contributed by atoms with Crippen molar-refractivity contribution < 1.29 is 13.5 Å². The van der Waals surface area contributed by atoms with E-state index in [9.17, 15) is 13.5 Å². The highest BCUT2D eigenvalue weighted by atomic mass is 32.2. The molecule has 0 radical (unpaired) electrons. The third kappa shape index (κ3) is 4.01. The second-order valence-corrected chi connectivity index (χ2v) is 6.78. The smallest absolute Gasteiger partial charge is 0.243 e. The number of aliphatic hydroxyl groups is 1. The zero-order chi connectivity index (χ0) is 14.6. The minimum Gasteiger partial charge on any atom is -0.393 e. The van der Waals surface area contributed by atoms with Gasteiger partial charge in [0.2, 0.25) is 10.0 Å². The summed E-state index contributed by atoms with van der Waals surface area (Å²) >= 11 is 0. The first-order chi connectivity index (χ1) is 8.78. The fraction of sp³-hybridized carbons (Fsp3) is 0.538. The van der Waals surface area contributed by atoms with Crippen LogP contribution in [-0.4, -0.2) is 37.5 Å². The number of rotatable bonds is 6. The molecule has 5 nitrogen and oxygen atoms in total. The lowest BCUT2D eigenvalue weighted by molar-refractivity contribution is 0.177. The molecule has 1 rings (SSSR count). The van der Waals surface area contributed by atoms with Crippen LogP contribution in [0.25, 0.3) is 0 Å². The molecule has 0 bridgehead atoms. The summed E-state index contributed by atoms with van der Waals surface area (Å²) in [6.07, 6.45) is -0.111. The van der Waals surface area contributed by atoms with Gasteiger partial charge in [-0.3, -0.25) is 0 Å². The maximum absolute atomic E-state index is 12.4. The first-order valence-corrected chi connectivity index (χ1v) is 7.67. The predicted molar refractivity (Wildman–Crippen MR) is 75.2 cm³/mol. The molecule has 3 N–H and O–H groups in total. The van der Waals surface area contributed by atoms with Crippen LogP contribution in [0, 0.1) is 6.92 Å². The van der Waals surface area contributed by atoms with Crippen LogP contribution in [0.5, 0.6) is 0 Å². The van der Waals surface area contributed by atoms with Crippen LogP contribution < -0.4 is 5.73 Å². The van der Waals surface area contributed by atoms with Crippen LogP contribution >= 0.6 is 0 Å². The van der Waals surface area contributed by atoms with Gasteiger partial charge in [0, 0.05) is 20.1 Å². The second-order valence-electron chi connectivity index (χ2n) is 4.77. The topological polar surface area (TPSA) is 83.6 Å². The summed E-state index contributed by atoms with van der Waals surface area (Å²) in [7, 11) is -2.01. The molecule has 1 aromatic rings. The van der Waals surface area contributed by atoms with Gasteiger partial charge >= 0.3 is 0 Å². The Morgan fingerprint density at radius 2 is 2.05 bits per heavy atom. The van der Waals surface area contributed by atoms with Crippen molar-refractivity contribution >= 4 is 10.0 Å². The maximum Gasteiger partial charge on any atom is 0.243 e. The molecule has 0 spiro atoms. The molecule has 1 unspecified atom stereocenters. The van der Waals surface area contributed by atoms with Gasteiger partial charge in [-0.1, -0.05) is 12.1 Å². The molecule has 0 heterocycles. The maximum atomic E-state index is 12.4. The normalized spacial score (nSPS) is 13.8. The second kappa shape index (κ2) is 6.47. The van der Waals surface area contributed by atoms with Crippen LogP contribution in [0.1, 0.15) is 24.5 Å². The predicted octanol–water partition coefficient (Wildman–Crippen LogP) is 0.845. The van der Waals surface area contributed by atoms with Crippen molar-refractivity contribution in [1.82, 2.24) is 4.31 Å². The quantitative estimate of drug-likeness (QED) is 0.812. The molecule has 1 aromatic carbocycles. The molecule has 0 amide bonds. The van der Waals surface area contributed by atoms with E-state index in [1.165, 1.54) is 11.4 Å². The molecule has 19 heavy (non-hydrogen) atoms. The Labute approximate surface area is 115 Å². The van der Waals surface area contributed by atoms with E-state index >= 15 is 0 Å². The van der Waals surface area contributed by atoms with Crippen molar-refractivity contribution in [2.75, 3.05) is 13.6 Å². The fourth-order valence-electron chi connectivity index (χ4n) is 1.71. The van der Waals surface area contributed by atoms with Gasteiger partial charge in [0.25, 0.3) is 0 Å². The van der Waals surface area contributed by atoms with Crippen LogP contribution in [0.15, 0.2) is 23.1 Å². The Balaban J connectivity index is 3.05. The standard InChI is InChI=1S/C13H22N2O3S/c1-10-4-5-12(9-14)8-13(10)19(17,18)15(3)7-6-11(2)16/h4-5,8,11,16H,6-7,9,14H2,1-3H3. The summed E-state index contributed by atoms with van der Waals surface area (Å²) in [4.78, 5) is 0.281. The lowest BCUT2D eigenvalue weighted by atomic mass is 10.1. The lowest BCUT2D eigenvalue weighted by Crippen LogP contribution is -2.30. The first kappa shape index (κ1) is 16.1. The van der Waals surface area contributed by atoms with E-state index in [0.29, 0.717) is 18.5 Å². The molecular formula is C13H22N2O3S. The number of nitrogens with two attached hydrogens (primary N) is 1. The minimum atomic E-state index is -3.53. The zero-order valence-electron chi connectivity index (χ0n) is 11.6. The first-order valence-electron chi connectivity index (χ1n) is 6.23. The number of benzene rings is 1. The third-order valence-corrected chi connectivity index (χ3v) is 5.04. The number of aliphatic hydroxyl groups excluding tert-OH is 1. The summed E-state index contributed by atoms with van der Waals surface area (Å²) in [5, 5.41) is 9.24. The number of sulfonamides is 1. The van der Waals surface area contributed by atoms with Gasteiger partial charge < -0.3 is 10.8 Å². The van der Waals surface area contributed by atoms with E-state index in [-0.39, 0.29) is 11.4 Å². The Hall–Kier alpha value is -0.950. The average molecular weight is 286 g/mol. The van der Waals surface area contributed by atoms with E-state index in [4.69, 9.17) is 5.73 Å². The summed E-state index contributed by atoms with van der Waals surface area (Å²) in [6, 6.07) is 5.20. The molecule has 0 fully saturated rings. The average Bonchev–Trinajstić information content (AvgIpc) is 2.36. The Kier molecular flexibility index (Phi) is 5.49. The molecule has 0 saturated heterocycles. The molecule has 108 valence electrons. The van der Waals surface area contributed by atoms with E-state index in [1.54, 1.807) is 26.0 Å². The van der Waals surface area contributed by atoms with E-state index in [0.717, 1.165) is 5.56 Å². The van der Waals surface area contributed by atoms with E-state index in [2.05, 4.69) is 0 Å². The zero-order valence-corrected chi connectivity index (χ0v) is 12.4. The molecule has 6 heteroatoms. The SMILES string of the molecule is Cc1ccc(CN)cc1S(=O)(=O)N(C)CCC(C)O. The van der Waals surface area contributed by atoms with Crippen LogP contribution in [0.3, 0.4) is 0 Å². The highest BCUT2D eigenvalue weighted by molar-refractivity contribution is 7.89. The highest BCUT2D eigenvalue weighted by Gasteiger charge is 2.23. The van der Waals surface area contributed by atoms with Crippen molar-refractivity contribution in [3.05, 3.63) is 29.3 Å². The highest BCUT2D eigenvalue weighted by Crippen LogP contribution is 2.20. The van der Waals surface area contributed by atoms with E-state index in [1.807, 2.05) is 6.07 Å². The molecule has 0 aliphatic heterocycles. The largest absolute Gasteiger partial charge is 0.393 e. The van der Waals surface area contributed by atoms with Gasteiger partial charge in [0.15, 0.2) is 0 Å². The van der Waals surface area contributed by atoms with Crippen molar-refractivity contribution in [2.45, 2.75) is 37.8 Å². The number of aryl methyl sites for hydroxylation is 1. The number of hydrogen-bond donors (Lipinski definition) is 2. The Bertz CT molecular complexity index is 527. The molecule has 1 atom stereocenters. The Morgan fingerprint density at radius 1 is 1.42 bits per heavy atom. The summed E-state index contributed by atoms with van der Waals surface area (Å²) in [6.45, 7) is 3.99. The van der Waals surface area contributed by atoms with Crippen molar-refractivity contribution in [3.8, 4) is 0 Å². The van der Waals surface area contributed by atoms with Gasteiger partial charge in [-0.05, 0) is 37.5 Å². The van der Waals surface area contributed by atoms with Gasteiger partial charge in [0.1, 0.15) is 0 Å². The minimum absolute atomic E-state index is 0.281. The number of hydrogen-bond acceptors (Lipinski definition) is 4. The van der Waals surface area contributed by atoms with Crippen LogP contribution in [0.4, 0.5) is 0 Å². The van der Waals surface area contributed by atoms with Crippen molar-refractivity contribution in [2.24, 2.45) is 5.73 Å².